The number of ketones is 1. The molecule has 5 nitrogen and oxygen atoms in total. The van der Waals surface area contributed by atoms with Crippen molar-refractivity contribution in [1.82, 2.24) is 9.78 Å². The first-order valence-electron chi connectivity index (χ1n) is 13.0. The van der Waals surface area contributed by atoms with Crippen molar-refractivity contribution in [1.29, 1.82) is 5.26 Å². The number of nitrogens with zero attached hydrogens (tertiary/aromatic N) is 3. The summed E-state index contributed by atoms with van der Waals surface area (Å²) in [5.74, 6) is 4.17. The first kappa shape index (κ1) is 22.1. The maximum atomic E-state index is 13.6. The lowest BCUT2D eigenvalue weighted by molar-refractivity contribution is -0.153. The van der Waals surface area contributed by atoms with E-state index >= 15 is 0 Å². The van der Waals surface area contributed by atoms with Crippen LogP contribution in [0.1, 0.15) is 90.0 Å². The van der Waals surface area contributed by atoms with E-state index in [-0.39, 0.29) is 11.3 Å². The number of aromatic nitrogens is 2. The van der Waals surface area contributed by atoms with Crippen molar-refractivity contribution in [3.8, 4) is 6.07 Å². The number of nitriles is 1. The molecule has 1 aromatic heterocycles. The predicted octanol–water partition coefficient (Wildman–Crippen LogP) is 5.12. The van der Waals surface area contributed by atoms with Gasteiger partial charge in [-0.05, 0) is 106 Å². The van der Waals surface area contributed by atoms with Crippen LogP contribution in [0.3, 0.4) is 0 Å². The van der Waals surface area contributed by atoms with Gasteiger partial charge in [0.05, 0.1) is 23.9 Å². The third kappa shape index (κ3) is 3.63. The normalized spacial score (nSPS) is 43.4. The minimum Gasteiger partial charge on any atom is -0.390 e. The topological polar surface area (TPSA) is 78.9 Å². The lowest BCUT2D eigenvalue weighted by atomic mass is 9.43. The van der Waals surface area contributed by atoms with E-state index in [9.17, 15) is 9.90 Å². The molecule has 1 heterocycles. The molecule has 0 unspecified atom stereocenters. The molecular weight excluding hydrogens is 398 g/mol. The molecule has 4 fully saturated rings. The van der Waals surface area contributed by atoms with E-state index in [1.807, 2.05) is 6.92 Å². The highest BCUT2D eigenvalue weighted by Crippen LogP contribution is 2.64. The predicted molar refractivity (Wildman–Crippen MR) is 122 cm³/mol. The molecule has 4 aliphatic carbocycles. The fourth-order valence-corrected chi connectivity index (χ4v) is 9.03. The summed E-state index contributed by atoms with van der Waals surface area (Å²) in [4.78, 5) is 13.6. The Hall–Kier alpha value is -1.67. The number of carbonyl (C=O) groups is 1. The molecule has 0 aliphatic heterocycles. The Morgan fingerprint density at radius 1 is 1.19 bits per heavy atom. The zero-order valence-corrected chi connectivity index (χ0v) is 19.8. The van der Waals surface area contributed by atoms with Gasteiger partial charge in [-0.3, -0.25) is 9.48 Å². The summed E-state index contributed by atoms with van der Waals surface area (Å²) in [6, 6.07) is 2.11. The Morgan fingerprint density at radius 3 is 2.75 bits per heavy atom. The first-order chi connectivity index (χ1) is 15.4. The quantitative estimate of drug-likeness (QED) is 0.709. The van der Waals surface area contributed by atoms with Gasteiger partial charge in [0.1, 0.15) is 6.07 Å². The van der Waals surface area contributed by atoms with Crippen LogP contribution >= 0.6 is 0 Å². The zero-order chi connectivity index (χ0) is 22.5. The SMILES string of the molecule is CC[C@]12CC[C@H]3[C@@H](CC[C@@H]4C[C@](C)(O)CC[C@@H]43)[C@@H]1CCC[C@@H]2C(=O)Cn1cc(C#N)cn1. The van der Waals surface area contributed by atoms with Crippen molar-refractivity contribution in [2.75, 3.05) is 0 Å². The van der Waals surface area contributed by atoms with Crippen LogP contribution in [0.25, 0.3) is 0 Å². The second-order valence-corrected chi connectivity index (χ2v) is 11.8. The number of hydrogen-bond donors (Lipinski definition) is 1. The average Bonchev–Trinajstić information content (AvgIpc) is 3.24. The average molecular weight is 438 g/mol. The van der Waals surface area contributed by atoms with Gasteiger partial charge < -0.3 is 5.11 Å². The van der Waals surface area contributed by atoms with Crippen LogP contribution in [0.2, 0.25) is 0 Å². The fourth-order valence-electron chi connectivity index (χ4n) is 9.03. The molecule has 5 heteroatoms. The minimum atomic E-state index is -0.462. The summed E-state index contributed by atoms with van der Waals surface area (Å²) < 4.78 is 1.67. The summed E-state index contributed by atoms with van der Waals surface area (Å²) in [6.45, 7) is 4.66. The monoisotopic (exact) mass is 437 g/mol. The van der Waals surface area contributed by atoms with E-state index < -0.39 is 5.60 Å². The smallest absolute Gasteiger partial charge is 0.157 e. The maximum Gasteiger partial charge on any atom is 0.157 e. The number of hydrogen-bond acceptors (Lipinski definition) is 4. The summed E-state index contributed by atoms with van der Waals surface area (Å²) in [7, 11) is 0. The first-order valence-corrected chi connectivity index (χ1v) is 13.0. The number of aliphatic hydroxyl groups is 1. The molecule has 5 rings (SSSR count). The highest BCUT2D eigenvalue weighted by atomic mass is 16.3. The molecule has 1 aromatic rings. The third-order valence-electron chi connectivity index (χ3n) is 10.3. The van der Waals surface area contributed by atoms with Gasteiger partial charge >= 0.3 is 0 Å². The molecule has 4 saturated carbocycles. The molecule has 0 saturated heterocycles. The fraction of sp³-hybridized carbons (Fsp3) is 0.815. The van der Waals surface area contributed by atoms with Crippen LogP contribution in [0.15, 0.2) is 12.4 Å². The zero-order valence-electron chi connectivity index (χ0n) is 19.8. The molecule has 0 amide bonds. The number of rotatable bonds is 4. The van der Waals surface area contributed by atoms with Gasteiger partial charge in [-0.1, -0.05) is 13.3 Å². The highest BCUT2D eigenvalue weighted by molar-refractivity contribution is 5.81. The van der Waals surface area contributed by atoms with Crippen LogP contribution in [0.4, 0.5) is 0 Å². The summed E-state index contributed by atoms with van der Waals surface area (Å²) >= 11 is 0. The minimum absolute atomic E-state index is 0.131. The molecule has 8 atom stereocenters. The molecule has 174 valence electrons. The van der Waals surface area contributed by atoms with E-state index in [2.05, 4.69) is 18.1 Å². The summed E-state index contributed by atoms with van der Waals surface area (Å²) in [6.07, 6.45) is 16.0. The Morgan fingerprint density at radius 2 is 2.00 bits per heavy atom. The molecule has 0 spiro atoms. The van der Waals surface area contributed by atoms with Crippen LogP contribution < -0.4 is 0 Å². The van der Waals surface area contributed by atoms with Crippen molar-refractivity contribution >= 4 is 5.78 Å². The van der Waals surface area contributed by atoms with Gasteiger partial charge in [0.25, 0.3) is 0 Å². The molecule has 1 N–H and O–H groups in total. The molecule has 4 aliphatic rings. The number of carbonyl (C=O) groups excluding carboxylic acids is 1. The van der Waals surface area contributed by atoms with Crippen molar-refractivity contribution < 1.29 is 9.90 Å². The van der Waals surface area contributed by atoms with Gasteiger partial charge in [-0.2, -0.15) is 10.4 Å². The van der Waals surface area contributed by atoms with E-state index in [0.29, 0.717) is 29.7 Å². The van der Waals surface area contributed by atoms with Crippen molar-refractivity contribution in [3.05, 3.63) is 18.0 Å². The van der Waals surface area contributed by atoms with Gasteiger partial charge in [-0.25, -0.2) is 0 Å². The van der Waals surface area contributed by atoms with Gasteiger partial charge in [0.15, 0.2) is 5.78 Å². The maximum absolute atomic E-state index is 13.6. The largest absolute Gasteiger partial charge is 0.390 e. The van der Waals surface area contributed by atoms with Crippen molar-refractivity contribution in [3.63, 3.8) is 0 Å². The van der Waals surface area contributed by atoms with Crippen LogP contribution in [0, 0.1) is 52.3 Å². The summed E-state index contributed by atoms with van der Waals surface area (Å²) in [5, 5.41) is 24.0. The molecule has 32 heavy (non-hydrogen) atoms. The standard InChI is InChI=1S/C27H39N3O2/c1-3-27-12-10-21-20-9-11-26(2,32)13-19(20)7-8-22(21)23(27)5-4-6-24(27)25(31)17-30-16-18(14-28)15-29-30/h15-16,19-24,32H,3-13,17H2,1-2H3/t19-,20+,21-,22-,23+,24-,26-,27+/m1/s1. The molecule has 0 bridgehead atoms. The second kappa shape index (κ2) is 8.28. The van der Waals surface area contributed by atoms with Crippen LogP contribution in [0.5, 0.6) is 0 Å². The van der Waals surface area contributed by atoms with Crippen molar-refractivity contribution in [2.24, 2.45) is 40.9 Å². The lowest BCUT2D eigenvalue weighted by Gasteiger charge is -2.61. The van der Waals surface area contributed by atoms with Gasteiger partial charge in [-0.15, -0.1) is 0 Å². The van der Waals surface area contributed by atoms with Crippen molar-refractivity contribution in [2.45, 2.75) is 96.6 Å². The second-order valence-electron chi connectivity index (χ2n) is 11.8. The van der Waals surface area contributed by atoms with Crippen LogP contribution in [-0.4, -0.2) is 26.3 Å². The van der Waals surface area contributed by atoms with E-state index in [1.54, 1.807) is 17.1 Å². The number of fused-ring (bicyclic) bond motifs is 5. The highest BCUT2D eigenvalue weighted by Gasteiger charge is 2.58. The number of Topliss-reactive ketones (excluding diaryl/α,β-unsaturated/α-hetero) is 1. The van der Waals surface area contributed by atoms with E-state index in [1.165, 1.54) is 38.5 Å². The Balaban J connectivity index is 1.36. The molecular formula is C27H39N3O2. The Labute approximate surface area is 192 Å². The molecule has 0 radical (unpaired) electrons. The Kier molecular flexibility index (Phi) is 5.73. The van der Waals surface area contributed by atoms with Crippen LogP contribution in [-0.2, 0) is 11.3 Å². The van der Waals surface area contributed by atoms with E-state index in [0.717, 1.165) is 49.9 Å². The molecule has 0 aromatic carbocycles. The lowest BCUT2D eigenvalue weighted by Crippen LogP contribution is -2.56. The van der Waals surface area contributed by atoms with E-state index in [4.69, 9.17) is 5.26 Å². The van der Waals surface area contributed by atoms with Gasteiger partial charge in [0, 0.05) is 12.1 Å². The third-order valence-corrected chi connectivity index (χ3v) is 10.3. The Bertz CT molecular complexity index is 899. The van der Waals surface area contributed by atoms with Gasteiger partial charge in [0.2, 0.25) is 0 Å². The summed E-state index contributed by atoms with van der Waals surface area (Å²) in [5.41, 5.74) is 0.207.